The van der Waals surface area contributed by atoms with Crippen LogP contribution in [0.5, 0.6) is 0 Å². The summed E-state index contributed by atoms with van der Waals surface area (Å²) in [6.45, 7) is 9.02. The smallest absolute Gasteiger partial charge is 0.0220 e. The molecule has 1 aliphatic heterocycles. The molecule has 3 heteroatoms. The molecule has 0 atom stereocenters. The lowest BCUT2D eigenvalue weighted by atomic mass is 10.4. The lowest BCUT2D eigenvalue weighted by Crippen LogP contribution is -2.24. The van der Waals surface area contributed by atoms with Gasteiger partial charge in [-0.15, -0.1) is 0 Å². The summed E-state index contributed by atoms with van der Waals surface area (Å²) in [5, 5.41) is 0. The van der Waals surface area contributed by atoms with Gasteiger partial charge in [-0.05, 0) is 50.7 Å². The van der Waals surface area contributed by atoms with Crippen molar-refractivity contribution in [3.63, 3.8) is 0 Å². The molecule has 0 spiro atoms. The van der Waals surface area contributed by atoms with Crippen LogP contribution >= 0.6 is 11.9 Å². The van der Waals surface area contributed by atoms with Gasteiger partial charge in [0.1, 0.15) is 0 Å². The molecule has 2 nitrogen and oxygen atoms in total. The van der Waals surface area contributed by atoms with Crippen molar-refractivity contribution in [3.05, 3.63) is 23.1 Å². The zero-order valence-corrected chi connectivity index (χ0v) is 10.9. The molecule has 1 heterocycles. The van der Waals surface area contributed by atoms with Crippen LogP contribution < -0.4 is 0 Å². The van der Waals surface area contributed by atoms with Gasteiger partial charge in [0, 0.05) is 19.6 Å². The quantitative estimate of drug-likeness (QED) is 0.540. The predicted octanol–water partition coefficient (Wildman–Crippen LogP) is 2.75. The Kier molecular flexibility index (Phi) is 6.06. The van der Waals surface area contributed by atoms with Gasteiger partial charge in [0.15, 0.2) is 0 Å². The van der Waals surface area contributed by atoms with Gasteiger partial charge < -0.3 is 4.90 Å². The Bertz CT molecular complexity index is 236. The van der Waals surface area contributed by atoms with E-state index in [2.05, 4.69) is 48.3 Å². The van der Waals surface area contributed by atoms with E-state index < -0.39 is 0 Å². The number of rotatable bonds is 3. The lowest BCUT2D eigenvalue weighted by molar-refractivity contribution is 0.352. The van der Waals surface area contributed by atoms with Gasteiger partial charge >= 0.3 is 0 Å². The Labute approximate surface area is 98.1 Å². The van der Waals surface area contributed by atoms with E-state index in [0.29, 0.717) is 0 Å². The fourth-order valence-corrected chi connectivity index (χ4v) is 2.52. The van der Waals surface area contributed by atoms with Gasteiger partial charge in [-0.3, -0.25) is 0 Å². The SMILES string of the molecule is CC=CC=C(C)SN1CCCN(C)CC1. The van der Waals surface area contributed by atoms with Gasteiger partial charge in [0.05, 0.1) is 0 Å². The fraction of sp³-hybridized carbons (Fsp3) is 0.667. The molecular formula is C12H22N2S. The Morgan fingerprint density at radius 3 is 2.73 bits per heavy atom. The van der Waals surface area contributed by atoms with E-state index >= 15 is 0 Å². The summed E-state index contributed by atoms with van der Waals surface area (Å²) >= 11 is 1.89. The molecule has 0 amide bonds. The molecule has 1 fully saturated rings. The second kappa shape index (κ2) is 7.09. The molecule has 1 aliphatic rings. The van der Waals surface area contributed by atoms with Crippen molar-refractivity contribution in [1.29, 1.82) is 0 Å². The van der Waals surface area contributed by atoms with Crippen molar-refractivity contribution in [2.75, 3.05) is 33.2 Å². The Morgan fingerprint density at radius 1 is 1.20 bits per heavy atom. The van der Waals surface area contributed by atoms with Crippen molar-refractivity contribution in [3.8, 4) is 0 Å². The molecule has 0 saturated carbocycles. The molecule has 0 radical (unpaired) electrons. The largest absolute Gasteiger partial charge is 0.305 e. The second-order valence-electron chi connectivity index (χ2n) is 3.98. The molecule has 0 bridgehead atoms. The predicted molar refractivity (Wildman–Crippen MR) is 69.8 cm³/mol. The third-order valence-corrected chi connectivity index (χ3v) is 3.52. The monoisotopic (exact) mass is 226 g/mol. The highest BCUT2D eigenvalue weighted by atomic mass is 32.2. The van der Waals surface area contributed by atoms with Crippen LogP contribution in [0.25, 0.3) is 0 Å². The first-order valence-electron chi connectivity index (χ1n) is 5.63. The van der Waals surface area contributed by atoms with Gasteiger partial charge in [-0.2, -0.15) is 0 Å². The Balaban J connectivity index is 2.37. The van der Waals surface area contributed by atoms with Crippen molar-refractivity contribution < 1.29 is 0 Å². The topological polar surface area (TPSA) is 6.48 Å². The zero-order chi connectivity index (χ0) is 11.1. The first kappa shape index (κ1) is 12.8. The Morgan fingerprint density at radius 2 is 2.00 bits per heavy atom. The number of nitrogens with zero attached hydrogens (tertiary/aromatic N) is 2. The van der Waals surface area contributed by atoms with Crippen molar-refractivity contribution in [2.45, 2.75) is 20.3 Å². The number of hydrogen-bond acceptors (Lipinski definition) is 3. The van der Waals surface area contributed by atoms with Crippen LogP contribution in [0, 0.1) is 0 Å². The van der Waals surface area contributed by atoms with Gasteiger partial charge in [-0.1, -0.05) is 18.2 Å². The highest BCUT2D eigenvalue weighted by Gasteiger charge is 2.12. The average Bonchev–Trinajstić information content (AvgIpc) is 2.41. The van der Waals surface area contributed by atoms with Crippen LogP contribution in [0.4, 0.5) is 0 Å². The minimum atomic E-state index is 1.17. The number of hydrogen-bond donors (Lipinski definition) is 0. The van der Waals surface area contributed by atoms with E-state index in [-0.39, 0.29) is 0 Å². The maximum Gasteiger partial charge on any atom is 0.0220 e. The molecule has 15 heavy (non-hydrogen) atoms. The van der Waals surface area contributed by atoms with E-state index in [1.165, 1.54) is 37.5 Å². The number of likely N-dealkylation sites (N-methyl/N-ethyl adjacent to an activating group) is 1. The summed E-state index contributed by atoms with van der Waals surface area (Å²) in [6.07, 6.45) is 7.63. The minimum absolute atomic E-state index is 1.17. The van der Waals surface area contributed by atoms with Crippen molar-refractivity contribution in [2.24, 2.45) is 0 Å². The summed E-state index contributed by atoms with van der Waals surface area (Å²) in [4.78, 5) is 3.78. The van der Waals surface area contributed by atoms with Gasteiger partial charge in [-0.25, -0.2) is 4.31 Å². The summed E-state index contributed by atoms with van der Waals surface area (Å²) in [7, 11) is 2.21. The molecular weight excluding hydrogens is 204 g/mol. The molecule has 0 aliphatic carbocycles. The summed E-state index contributed by atoms with van der Waals surface area (Å²) in [5.41, 5.74) is 0. The maximum atomic E-state index is 2.47. The van der Waals surface area contributed by atoms with Gasteiger partial charge in [0.25, 0.3) is 0 Å². The van der Waals surface area contributed by atoms with E-state index in [0.717, 1.165) is 0 Å². The van der Waals surface area contributed by atoms with Crippen molar-refractivity contribution >= 4 is 11.9 Å². The molecule has 0 aromatic carbocycles. The van der Waals surface area contributed by atoms with Crippen LogP contribution in [0.2, 0.25) is 0 Å². The lowest BCUT2D eigenvalue weighted by Gasteiger charge is -2.18. The maximum absolute atomic E-state index is 2.47. The van der Waals surface area contributed by atoms with E-state index in [4.69, 9.17) is 0 Å². The molecule has 86 valence electrons. The molecule has 0 aromatic heterocycles. The van der Waals surface area contributed by atoms with Crippen LogP contribution in [0.1, 0.15) is 20.3 Å². The van der Waals surface area contributed by atoms with Crippen LogP contribution in [-0.2, 0) is 0 Å². The number of allylic oxidation sites excluding steroid dienone is 4. The van der Waals surface area contributed by atoms with E-state index in [1.54, 1.807) is 0 Å². The first-order chi connectivity index (χ1) is 7.22. The normalized spacial score (nSPS) is 22.2. The molecule has 1 saturated heterocycles. The average molecular weight is 226 g/mol. The van der Waals surface area contributed by atoms with Crippen LogP contribution in [0.3, 0.4) is 0 Å². The van der Waals surface area contributed by atoms with Gasteiger partial charge in [0.2, 0.25) is 0 Å². The van der Waals surface area contributed by atoms with E-state index in [9.17, 15) is 0 Å². The highest BCUT2D eigenvalue weighted by molar-refractivity contribution is 8.00. The molecule has 1 rings (SSSR count). The summed E-state index contributed by atoms with van der Waals surface area (Å²) in [5.74, 6) is 0. The van der Waals surface area contributed by atoms with Crippen LogP contribution in [-0.4, -0.2) is 42.4 Å². The first-order valence-corrected chi connectivity index (χ1v) is 6.40. The minimum Gasteiger partial charge on any atom is -0.305 e. The standard InChI is InChI=1S/C12H22N2S/c1-4-5-7-12(2)15-14-9-6-8-13(3)10-11-14/h4-5,7H,6,8-11H2,1-3H3. The van der Waals surface area contributed by atoms with Crippen molar-refractivity contribution in [1.82, 2.24) is 9.21 Å². The second-order valence-corrected chi connectivity index (χ2v) is 5.32. The fourth-order valence-electron chi connectivity index (χ4n) is 1.58. The Hall–Kier alpha value is -0.250. The summed E-state index contributed by atoms with van der Waals surface area (Å²) in [6, 6.07) is 0. The highest BCUT2D eigenvalue weighted by Crippen LogP contribution is 2.21. The molecule has 0 unspecified atom stereocenters. The summed E-state index contributed by atoms with van der Waals surface area (Å²) < 4.78 is 2.47. The zero-order valence-electron chi connectivity index (χ0n) is 10.1. The molecule has 0 N–H and O–H groups in total. The van der Waals surface area contributed by atoms with E-state index in [1.807, 2.05) is 11.9 Å². The molecule has 0 aromatic rings. The van der Waals surface area contributed by atoms with Crippen LogP contribution in [0.15, 0.2) is 23.1 Å². The third-order valence-electron chi connectivity index (χ3n) is 2.47. The third kappa shape index (κ3) is 5.40.